The highest BCUT2D eigenvalue weighted by Crippen LogP contribution is 2.33. The molecule has 0 fully saturated rings. The van der Waals surface area contributed by atoms with Gasteiger partial charge in [0.1, 0.15) is 0 Å². The summed E-state index contributed by atoms with van der Waals surface area (Å²) >= 11 is 23.1. The Bertz CT molecular complexity index is 574. The minimum atomic E-state index is -1.78. The van der Waals surface area contributed by atoms with E-state index in [0.717, 1.165) is 11.1 Å². The van der Waals surface area contributed by atoms with E-state index in [2.05, 4.69) is 5.32 Å². The van der Waals surface area contributed by atoms with Crippen molar-refractivity contribution in [2.24, 2.45) is 0 Å². The van der Waals surface area contributed by atoms with E-state index in [9.17, 15) is 4.79 Å². The molecular weight excluding hydrogens is 364 g/mol. The lowest BCUT2D eigenvalue weighted by Crippen LogP contribution is -2.42. The fourth-order valence-corrected chi connectivity index (χ4v) is 2.35. The maximum atomic E-state index is 12.6. The summed E-state index contributed by atoms with van der Waals surface area (Å²) in [6, 6.07) is 18.7. The fourth-order valence-electron chi connectivity index (χ4n) is 2.08. The first-order valence-electron chi connectivity index (χ1n) is 6.50. The third-order valence-electron chi connectivity index (χ3n) is 3.08. The average Bonchev–Trinajstić information content (AvgIpc) is 2.48. The molecule has 0 saturated heterocycles. The summed E-state index contributed by atoms with van der Waals surface area (Å²) in [4.78, 5) is 12.6. The summed E-state index contributed by atoms with van der Waals surface area (Å²) < 4.78 is -1.78. The van der Waals surface area contributed by atoms with Crippen LogP contribution in [0.15, 0.2) is 60.7 Å². The third kappa shape index (κ3) is 4.53. The molecule has 2 rings (SSSR count). The number of carbonyl (C=O) groups excluding carboxylic acids is 1. The summed E-state index contributed by atoms with van der Waals surface area (Å²) in [6.07, 6.45) is 0. The van der Waals surface area contributed by atoms with Crippen LogP contribution in [0.4, 0.5) is 0 Å². The van der Waals surface area contributed by atoms with Crippen LogP contribution in [0.3, 0.4) is 0 Å². The summed E-state index contributed by atoms with van der Waals surface area (Å²) in [5.41, 5.74) is 0.540. The Morgan fingerprint density at radius 2 is 1.27 bits per heavy atom. The van der Waals surface area contributed by atoms with Gasteiger partial charge in [0.05, 0.1) is 5.92 Å². The van der Waals surface area contributed by atoms with Crippen molar-refractivity contribution in [2.45, 2.75) is 15.2 Å². The zero-order chi connectivity index (χ0) is 16.2. The molecular formula is C16H13Cl4NO. The molecule has 116 valence electrons. The van der Waals surface area contributed by atoms with Gasteiger partial charge >= 0.3 is 0 Å². The van der Waals surface area contributed by atoms with Gasteiger partial charge in [-0.05, 0) is 11.1 Å². The predicted octanol–water partition coefficient (Wildman–Crippen LogP) is 4.87. The third-order valence-corrected chi connectivity index (χ3v) is 4.51. The molecule has 0 aromatic heterocycles. The van der Waals surface area contributed by atoms with Gasteiger partial charge in [0, 0.05) is 0 Å². The van der Waals surface area contributed by atoms with Gasteiger partial charge in [0.25, 0.3) is 0 Å². The van der Waals surface area contributed by atoms with E-state index in [4.69, 9.17) is 46.4 Å². The second-order valence-corrected chi connectivity index (χ2v) is 7.47. The second kappa shape index (κ2) is 7.56. The maximum absolute atomic E-state index is 12.6. The SMILES string of the molecule is O=C(NC(Cl)C(Cl)(Cl)Cl)C(c1ccccc1)c1ccccc1. The minimum Gasteiger partial charge on any atom is -0.335 e. The quantitative estimate of drug-likeness (QED) is 0.598. The molecule has 22 heavy (non-hydrogen) atoms. The summed E-state index contributed by atoms with van der Waals surface area (Å²) in [5, 5.41) is 2.55. The first-order valence-corrected chi connectivity index (χ1v) is 8.07. The molecule has 2 aromatic carbocycles. The minimum absolute atomic E-state index is 0.330. The molecule has 0 spiro atoms. The molecule has 0 aliphatic heterocycles. The molecule has 2 nitrogen and oxygen atoms in total. The van der Waals surface area contributed by atoms with E-state index >= 15 is 0 Å². The summed E-state index contributed by atoms with van der Waals surface area (Å²) in [7, 11) is 0. The molecule has 0 saturated carbocycles. The first kappa shape index (κ1) is 17.4. The zero-order valence-corrected chi connectivity index (χ0v) is 14.4. The maximum Gasteiger partial charge on any atom is 0.233 e. The van der Waals surface area contributed by atoms with Crippen LogP contribution in [0.25, 0.3) is 0 Å². The number of rotatable bonds is 4. The van der Waals surface area contributed by atoms with Crippen LogP contribution in [-0.2, 0) is 4.79 Å². The molecule has 0 aliphatic carbocycles. The molecule has 1 amide bonds. The van der Waals surface area contributed by atoms with E-state index in [1.807, 2.05) is 60.7 Å². The highest BCUT2D eigenvalue weighted by Gasteiger charge is 2.34. The predicted molar refractivity (Wildman–Crippen MR) is 92.8 cm³/mol. The molecule has 0 bridgehead atoms. The Morgan fingerprint density at radius 1 is 0.864 bits per heavy atom. The van der Waals surface area contributed by atoms with Gasteiger partial charge in [-0.3, -0.25) is 4.79 Å². The number of carbonyl (C=O) groups is 1. The van der Waals surface area contributed by atoms with Crippen LogP contribution >= 0.6 is 46.4 Å². The number of benzene rings is 2. The fraction of sp³-hybridized carbons (Fsp3) is 0.188. The van der Waals surface area contributed by atoms with Crippen molar-refractivity contribution in [1.82, 2.24) is 5.32 Å². The van der Waals surface area contributed by atoms with Crippen molar-refractivity contribution in [3.63, 3.8) is 0 Å². The lowest BCUT2D eigenvalue weighted by Gasteiger charge is -2.23. The largest absolute Gasteiger partial charge is 0.335 e. The van der Waals surface area contributed by atoms with Crippen LogP contribution in [0.2, 0.25) is 0 Å². The van der Waals surface area contributed by atoms with Gasteiger partial charge in [0.15, 0.2) is 5.50 Å². The van der Waals surface area contributed by atoms with Crippen molar-refractivity contribution in [3.8, 4) is 0 Å². The van der Waals surface area contributed by atoms with E-state index in [0.29, 0.717) is 0 Å². The monoisotopic (exact) mass is 375 g/mol. The lowest BCUT2D eigenvalue weighted by atomic mass is 9.90. The van der Waals surface area contributed by atoms with Crippen molar-refractivity contribution in [3.05, 3.63) is 71.8 Å². The van der Waals surface area contributed by atoms with E-state index in [1.165, 1.54) is 0 Å². The number of hydrogen-bond donors (Lipinski definition) is 1. The van der Waals surface area contributed by atoms with Crippen molar-refractivity contribution >= 4 is 52.3 Å². The Kier molecular flexibility index (Phi) is 5.99. The second-order valence-electron chi connectivity index (χ2n) is 4.67. The van der Waals surface area contributed by atoms with Gasteiger partial charge in [-0.1, -0.05) is 107 Å². The molecule has 0 heterocycles. The Labute approximate surface area is 149 Å². The summed E-state index contributed by atoms with van der Waals surface area (Å²) in [6.45, 7) is 0. The van der Waals surface area contributed by atoms with Gasteiger partial charge in [0.2, 0.25) is 9.70 Å². The van der Waals surface area contributed by atoms with Crippen molar-refractivity contribution < 1.29 is 4.79 Å². The molecule has 1 N–H and O–H groups in total. The van der Waals surface area contributed by atoms with Crippen molar-refractivity contribution in [1.29, 1.82) is 0 Å². The van der Waals surface area contributed by atoms with Gasteiger partial charge in [-0.25, -0.2) is 0 Å². The Morgan fingerprint density at radius 3 is 1.64 bits per heavy atom. The van der Waals surface area contributed by atoms with Gasteiger partial charge in [-0.15, -0.1) is 0 Å². The lowest BCUT2D eigenvalue weighted by molar-refractivity contribution is -0.121. The zero-order valence-electron chi connectivity index (χ0n) is 11.3. The summed E-state index contributed by atoms with van der Waals surface area (Å²) in [5.74, 6) is -0.861. The number of alkyl halides is 4. The highest BCUT2D eigenvalue weighted by molar-refractivity contribution is 6.70. The molecule has 0 aliphatic rings. The van der Waals surface area contributed by atoms with Crippen LogP contribution < -0.4 is 5.32 Å². The Hall–Kier alpha value is -0.930. The van der Waals surface area contributed by atoms with E-state index in [-0.39, 0.29) is 5.91 Å². The van der Waals surface area contributed by atoms with Gasteiger partial charge in [-0.2, -0.15) is 0 Å². The van der Waals surface area contributed by atoms with Crippen LogP contribution in [0.1, 0.15) is 17.0 Å². The smallest absolute Gasteiger partial charge is 0.233 e. The average molecular weight is 377 g/mol. The van der Waals surface area contributed by atoms with E-state index < -0.39 is 15.2 Å². The van der Waals surface area contributed by atoms with Crippen molar-refractivity contribution in [2.75, 3.05) is 0 Å². The topological polar surface area (TPSA) is 29.1 Å². The molecule has 1 unspecified atom stereocenters. The normalized spacial score (nSPS) is 13.0. The van der Waals surface area contributed by atoms with Crippen LogP contribution in [-0.4, -0.2) is 15.2 Å². The molecule has 1 atom stereocenters. The number of amides is 1. The highest BCUT2D eigenvalue weighted by atomic mass is 35.6. The molecule has 2 aromatic rings. The molecule has 0 radical (unpaired) electrons. The first-order chi connectivity index (χ1) is 10.4. The standard InChI is InChI=1S/C16H13Cl4NO/c17-15(16(18,19)20)21-14(22)13(11-7-3-1-4-8-11)12-9-5-2-6-10-12/h1-10,13,15H,(H,21,22). The number of halogens is 4. The van der Waals surface area contributed by atoms with E-state index in [1.54, 1.807) is 0 Å². The number of hydrogen-bond acceptors (Lipinski definition) is 1. The Balaban J connectivity index is 2.32. The van der Waals surface area contributed by atoms with Gasteiger partial charge < -0.3 is 5.32 Å². The molecule has 6 heteroatoms. The van der Waals surface area contributed by atoms with Crippen LogP contribution in [0, 0.1) is 0 Å². The van der Waals surface area contributed by atoms with Crippen LogP contribution in [0.5, 0.6) is 0 Å². The number of nitrogens with one attached hydrogen (secondary N) is 1.